The molecule has 1 aromatic carbocycles. The Morgan fingerprint density at radius 1 is 1.14 bits per heavy atom. The van der Waals surface area contributed by atoms with Gasteiger partial charge in [-0.3, -0.25) is 10.1 Å². The van der Waals surface area contributed by atoms with Crippen LogP contribution >= 0.6 is 11.6 Å². The second-order valence-electron chi connectivity index (χ2n) is 9.75. The molecule has 1 aromatic rings. The van der Waals surface area contributed by atoms with Crippen LogP contribution in [0.4, 0.5) is 10.5 Å². The van der Waals surface area contributed by atoms with Crippen LogP contribution in [0.3, 0.4) is 0 Å². The maximum atomic E-state index is 13.2. The molecule has 5 rings (SSSR count). The molecule has 4 fully saturated rings. The van der Waals surface area contributed by atoms with Crippen molar-refractivity contribution in [1.29, 1.82) is 0 Å². The van der Waals surface area contributed by atoms with Gasteiger partial charge in [-0.25, -0.2) is 4.79 Å². The van der Waals surface area contributed by atoms with Gasteiger partial charge in [-0.1, -0.05) is 17.7 Å². The Hall–Kier alpha value is -1.75. The van der Waals surface area contributed by atoms with Crippen LogP contribution in [0.15, 0.2) is 24.3 Å². The van der Waals surface area contributed by atoms with Gasteiger partial charge in [0.2, 0.25) is 5.91 Å². The molecule has 6 heteroatoms. The molecule has 4 saturated carbocycles. The van der Waals surface area contributed by atoms with Gasteiger partial charge < -0.3 is 10.1 Å². The number of hydrogen-bond acceptors (Lipinski definition) is 3. The van der Waals surface area contributed by atoms with E-state index in [-0.39, 0.29) is 17.9 Å². The van der Waals surface area contributed by atoms with E-state index >= 15 is 0 Å². The fourth-order valence-corrected chi connectivity index (χ4v) is 6.02. The van der Waals surface area contributed by atoms with E-state index in [4.69, 9.17) is 16.3 Å². The minimum absolute atomic E-state index is 0.109. The Labute approximate surface area is 171 Å². The number of benzene rings is 1. The van der Waals surface area contributed by atoms with Gasteiger partial charge in [-0.15, -0.1) is 0 Å². The molecule has 4 bridgehead atoms. The molecular weight excluding hydrogens is 376 g/mol. The van der Waals surface area contributed by atoms with Crippen LogP contribution in [0.25, 0.3) is 0 Å². The number of anilines is 1. The number of halogens is 1. The number of carbonyl (C=O) groups excluding carboxylic acids is 2. The lowest BCUT2D eigenvalue weighted by Gasteiger charge is -2.56. The Morgan fingerprint density at radius 3 is 2.32 bits per heavy atom. The van der Waals surface area contributed by atoms with Crippen LogP contribution in [0.2, 0.25) is 5.02 Å². The van der Waals surface area contributed by atoms with E-state index in [1.54, 1.807) is 24.3 Å². The third kappa shape index (κ3) is 4.14. The zero-order valence-electron chi connectivity index (χ0n) is 16.6. The number of ether oxygens (including phenoxy) is 1. The normalized spacial score (nSPS) is 30.8. The first kappa shape index (κ1) is 19.6. The molecule has 0 radical (unpaired) electrons. The average Bonchev–Trinajstić information content (AvgIpc) is 2.59. The van der Waals surface area contributed by atoms with E-state index in [2.05, 4.69) is 10.6 Å². The molecule has 2 amide bonds. The topological polar surface area (TPSA) is 67.4 Å². The maximum absolute atomic E-state index is 13.2. The predicted molar refractivity (Wildman–Crippen MR) is 109 cm³/mol. The Morgan fingerprint density at radius 2 is 1.75 bits per heavy atom. The summed E-state index contributed by atoms with van der Waals surface area (Å²) in [6, 6.07) is 6.89. The zero-order valence-corrected chi connectivity index (χ0v) is 17.3. The summed E-state index contributed by atoms with van der Waals surface area (Å²) in [4.78, 5) is 25.3. The smallest absolute Gasteiger partial charge is 0.411 e. The van der Waals surface area contributed by atoms with Gasteiger partial charge in [-0.05, 0) is 88.3 Å². The molecule has 0 aromatic heterocycles. The first-order valence-electron chi connectivity index (χ1n) is 10.2. The van der Waals surface area contributed by atoms with Crippen LogP contribution in [0.5, 0.6) is 0 Å². The first-order valence-corrected chi connectivity index (χ1v) is 10.6. The third-order valence-electron chi connectivity index (χ3n) is 6.61. The largest absolute Gasteiger partial charge is 0.447 e. The average molecular weight is 405 g/mol. The summed E-state index contributed by atoms with van der Waals surface area (Å²) in [5.74, 6) is 2.31. The SMILES string of the molecule is CC(C)(COC(=O)Nc1cccc(Cl)c1)NC(=O)C12CC3CC(CC(C3)C1)C2. The van der Waals surface area contributed by atoms with E-state index in [0.717, 1.165) is 37.0 Å². The molecule has 5 nitrogen and oxygen atoms in total. The minimum Gasteiger partial charge on any atom is -0.447 e. The van der Waals surface area contributed by atoms with Gasteiger partial charge in [0.15, 0.2) is 0 Å². The molecule has 2 N–H and O–H groups in total. The van der Waals surface area contributed by atoms with E-state index in [0.29, 0.717) is 10.7 Å². The molecule has 28 heavy (non-hydrogen) atoms. The van der Waals surface area contributed by atoms with Crippen molar-refractivity contribution >= 4 is 29.3 Å². The number of nitrogens with one attached hydrogen (secondary N) is 2. The summed E-state index contributed by atoms with van der Waals surface area (Å²) in [5.41, 5.74) is -0.242. The van der Waals surface area contributed by atoms with Crippen molar-refractivity contribution in [2.24, 2.45) is 23.2 Å². The van der Waals surface area contributed by atoms with Gasteiger partial charge in [0.1, 0.15) is 6.61 Å². The monoisotopic (exact) mass is 404 g/mol. The van der Waals surface area contributed by atoms with Crippen molar-refractivity contribution in [2.75, 3.05) is 11.9 Å². The number of amides is 2. The molecule has 4 aliphatic carbocycles. The predicted octanol–water partition coefficient (Wildman–Crippen LogP) is 5.00. The lowest BCUT2D eigenvalue weighted by atomic mass is 9.49. The highest BCUT2D eigenvalue weighted by molar-refractivity contribution is 6.30. The van der Waals surface area contributed by atoms with Crippen molar-refractivity contribution in [3.8, 4) is 0 Å². The van der Waals surface area contributed by atoms with Gasteiger partial charge in [0.05, 0.1) is 5.54 Å². The molecule has 4 aliphatic rings. The van der Waals surface area contributed by atoms with Crippen LogP contribution in [0.1, 0.15) is 52.4 Å². The molecular formula is C22H29ClN2O3. The van der Waals surface area contributed by atoms with Crippen molar-refractivity contribution in [3.05, 3.63) is 29.3 Å². The van der Waals surface area contributed by atoms with E-state index in [1.807, 2.05) is 13.8 Å². The van der Waals surface area contributed by atoms with Gasteiger partial charge in [0.25, 0.3) is 0 Å². The standard InChI is InChI=1S/C22H29ClN2O3/c1-21(2,13-28-20(27)24-18-5-3-4-17(23)9-18)25-19(26)22-10-14-6-15(11-22)8-16(7-14)12-22/h3-5,9,14-16H,6-8,10-13H2,1-2H3,(H,24,27)(H,25,26). The van der Waals surface area contributed by atoms with Gasteiger partial charge >= 0.3 is 6.09 Å². The fraction of sp³-hybridized carbons (Fsp3) is 0.636. The second kappa shape index (κ2) is 7.25. The van der Waals surface area contributed by atoms with E-state index in [1.165, 1.54) is 19.3 Å². The van der Waals surface area contributed by atoms with E-state index in [9.17, 15) is 9.59 Å². The minimum atomic E-state index is -0.619. The molecule has 0 atom stereocenters. The van der Waals surface area contributed by atoms with Gasteiger partial charge in [0, 0.05) is 16.1 Å². The molecule has 0 saturated heterocycles. The molecule has 0 aliphatic heterocycles. The van der Waals surface area contributed by atoms with Crippen molar-refractivity contribution in [1.82, 2.24) is 5.32 Å². The van der Waals surface area contributed by atoms with Crippen molar-refractivity contribution in [3.63, 3.8) is 0 Å². The Balaban J connectivity index is 1.31. The molecule has 0 heterocycles. The fourth-order valence-electron chi connectivity index (χ4n) is 5.83. The van der Waals surface area contributed by atoms with Crippen molar-refractivity contribution < 1.29 is 14.3 Å². The lowest BCUT2D eigenvalue weighted by molar-refractivity contribution is -0.148. The highest BCUT2D eigenvalue weighted by atomic mass is 35.5. The van der Waals surface area contributed by atoms with Crippen LogP contribution < -0.4 is 10.6 Å². The molecule has 0 unspecified atom stereocenters. The Kier molecular flexibility index (Phi) is 5.07. The van der Waals surface area contributed by atoms with Crippen LogP contribution in [-0.2, 0) is 9.53 Å². The first-order chi connectivity index (χ1) is 13.2. The quantitative estimate of drug-likeness (QED) is 0.725. The van der Waals surface area contributed by atoms with E-state index < -0.39 is 11.6 Å². The van der Waals surface area contributed by atoms with Crippen molar-refractivity contribution in [2.45, 2.75) is 57.9 Å². The maximum Gasteiger partial charge on any atom is 0.411 e. The zero-order chi connectivity index (χ0) is 19.9. The van der Waals surface area contributed by atoms with Crippen LogP contribution in [0, 0.1) is 23.2 Å². The number of rotatable bonds is 5. The number of hydrogen-bond donors (Lipinski definition) is 2. The molecule has 0 spiro atoms. The number of carbonyl (C=O) groups is 2. The lowest BCUT2D eigenvalue weighted by Crippen LogP contribution is -2.58. The second-order valence-corrected chi connectivity index (χ2v) is 10.2. The highest BCUT2D eigenvalue weighted by Gasteiger charge is 2.55. The summed E-state index contributed by atoms with van der Waals surface area (Å²) in [6.07, 6.45) is 6.44. The molecule has 152 valence electrons. The van der Waals surface area contributed by atoms with Gasteiger partial charge in [-0.2, -0.15) is 0 Å². The highest BCUT2D eigenvalue weighted by Crippen LogP contribution is 2.60. The summed E-state index contributed by atoms with van der Waals surface area (Å²) in [5, 5.41) is 6.38. The summed E-state index contributed by atoms with van der Waals surface area (Å²) < 4.78 is 5.36. The third-order valence-corrected chi connectivity index (χ3v) is 6.84. The summed E-state index contributed by atoms with van der Waals surface area (Å²) in [6.45, 7) is 3.91. The summed E-state index contributed by atoms with van der Waals surface area (Å²) in [7, 11) is 0. The Bertz CT molecular complexity index is 742. The summed E-state index contributed by atoms with van der Waals surface area (Å²) >= 11 is 5.92. The van der Waals surface area contributed by atoms with Crippen LogP contribution in [-0.4, -0.2) is 24.1 Å².